The molecule has 1 aromatic heterocycles. The first kappa shape index (κ1) is 6.51. The molecule has 0 spiro atoms. The molecule has 0 aliphatic rings. The Morgan fingerprint density at radius 2 is 2.56 bits per heavy atom. The monoisotopic (exact) mass is 140 g/mol. The summed E-state index contributed by atoms with van der Waals surface area (Å²) >= 11 is 1.35. The first-order chi connectivity index (χ1) is 4.38. The molecule has 2 nitrogen and oxygen atoms in total. The van der Waals surface area contributed by atoms with Gasteiger partial charge in [0.05, 0.1) is 4.88 Å². The third kappa shape index (κ3) is 1.20. The van der Waals surface area contributed by atoms with Crippen LogP contribution in [0.4, 0.5) is 0 Å². The van der Waals surface area contributed by atoms with Crippen molar-refractivity contribution in [3.8, 4) is 0 Å². The molecule has 0 aromatic carbocycles. The third-order valence-corrected chi connectivity index (χ3v) is 1.94. The molecular weight excluding hydrogens is 135 g/mol. The molecule has 0 saturated heterocycles. The number of carbonyl (C=O) groups is 1. The minimum Gasteiger partial charge on any atom is -0.449 e. The number of hydrogen-bond acceptors (Lipinski definition) is 3. The molecule has 1 rings (SSSR count). The normalized spacial score (nSPS) is 9.00. The highest BCUT2D eigenvalue weighted by atomic mass is 32.1. The summed E-state index contributed by atoms with van der Waals surface area (Å²) in [5.74, 6) is 0. The van der Waals surface area contributed by atoms with Gasteiger partial charge in [0.1, 0.15) is 0 Å². The van der Waals surface area contributed by atoms with Crippen molar-refractivity contribution in [1.29, 1.82) is 0 Å². The molecule has 0 aliphatic heterocycles. The fraction of sp³-hybridized carbons (Fsp3) is 0. The van der Waals surface area contributed by atoms with E-state index < -0.39 is 0 Å². The van der Waals surface area contributed by atoms with Crippen molar-refractivity contribution >= 4 is 30.6 Å². The van der Waals surface area contributed by atoms with Crippen LogP contribution in [0.5, 0.6) is 0 Å². The molecule has 0 unspecified atom stereocenters. The van der Waals surface area contributed by atoms with E-state index in [2.05, 4.69) is 0 Å². The Morgan fingerprint density at radius 1 is 1.78 bits per heavy atom. The minimum atomic E-state index is -0.0441. The Kier molecular flexibility index (Phi) is 2.03. The van der Waals surface area contributed by atoms with Gasteiger partial charge in [-0.15, -0.1) is 11.3 Å². The van der Waals surface area contributed by atoms with Crippen LogP contribution in [0.15, 0.2) is 11.4 Å². The van der Waals surface area contributed by atoms with Gasteiger partial charge in [-0.1, -0.05) is 6.07 Å². The fourth-order valence-corrected chi connectivity index (χ4v) is 1.30. The van der Waals surface area contributed by atoms with Gasteiger partial charge in [-0.25, -0.2) is 0 Å². The van der Waals surface area contributed by atoms with E-state index in [0.717, 1.165) is 11.7 Å². The van der Waals surface area contributed by atoms with E-state index in [1.165, 1.54) is 11.3 Å². The average molecular weight is 140 g/mol. The number of thiophene rings is 1. The van der Waals surface area contributed by atoms with Gasteiger partial charge in [-0.05, 0) is 10.8 Å². The molecule has 0 bridgehead atoms. The average Bonchev–Trinajstić information content (AvgIpc) is 2.33. The van der Waals surface area contributed by atoms with Gasteiger partial charge >= 0.3 is 7.48 Å². The van der Waals surface area contributed by atoms with Gasteiger partial charge in [-0.2, -0.15) is 0 Å². The Hall–Kier alpha value is -0.605. The summed E-state index contributed by atoms with van der Waals surface area (Å²) in [5.41, 5.74) is 0.718. The fourth-order valence-electron chi connectivity index (χ4n) is 0.581. The summed E-state index contributed by atoms with van der Waals surface area (Å²) in [6.07, 6.45) is 0.760. The van der Waals surface area contributed by atoms with E-state index in [1.54, 1.807) is 11.4 Å². The molecular formula is C5H5BO2S. The summed E-state index contributed by atoms with van der Waals surface area (Å²) < 4.78 is 0. The largest absolute Gasteiger partial charge is 0.449 e. The van der Waals surface area contributed by atoms with Gasteiger partial charge in [0.25, 0.3) is 0 Å². The molecule has 1 heterocycles. The van der Waals surface area contributed by atoms with E-state index >= 15 is 0 Å². The summed E-state index contributed by atoms with van der Waals surface area (Å²) in [6, 6.07) is 1.74. The van der Waals surface area contributed by atoms with Gasteiger partial charge < -0.3 is 5.02 Å². The zero-order valence-corrected chi connectivity index (χ0v) is 5.52. The second kappa shape index (κ2) is 2.80. The smallest absolute Gasteiger partial charge is 0.306 e. The summed E-state index contributed by atoms with van der Waals surface area (Å²) in [6.45, 7) is 0. The quantitative estimate of drug-likeness (QED) is 0.445. The lowest BCUT2D eigenvalue weighted by molar-refractivity contribution is 0.112. The van der Waals surface area contributed by atoms with E-state index in [4.69, 9.17) is 5.02 Å². The van der Waals surface area contributed by atoms with E-state index in [-0.39, 0.29) is 7.48 Å². The molecule has 0 saturated carbocycles. The minimum absolute atomic E-state index is 0.0441. The zero-order chi connectivity index (χ0) is 6.69. The van der Waals surface area contributed by atoms with Crippen molar-refractivity contribution in [1.82, 2.24) is 0 Å². The van der Waals surface area contributed by atoms with Crippen molar-refractivity contribution in [2.24, 2.45) is 0 Å². The van der Waals surface area contributed by atoms with E-state index in [0.29, 0.717) is 4.88 Å². The van der Waals surface area contributed by atoms with Crippen LogP contribution in [0.3, 0.4) is 0 Å². The van der Waals surface area contributed by atoms with Crippen LogP contribution in [-0.4, -0.2) is 18.8 Å². The number of rotatable bonds is 2. The van der Waals surface area contributed by atoms with Gasteiger partial charge in [0.2, 0.25) is 0 Å². The molecule has 0 amide bonds. The summed E-state index contributed by atoms with van der Waals surface area (Å²) in [4.78, 5) is 10.8. The van der Waals surface area contributed by atoms with Crippen molar-refractivity contribution in [2.75, 3.05) is 0 Å². The van der Waals surface area contributed by atoms with Crippen molar-refractivity contribution < 1.29 is 9.82 Å². The maximum Gasteiger partial charge on any atom is 0.306 e. The van der Waals surface area contributed by atoms with Crippen LogP contribution in [-0.2, 0) is 0 Å². The van der Waals surface area contributed by atoms with Crippen molar-refractivity contribution in [3.05, 3.63) is 16.3 Å². The number of carbonyl (C=O) groups excluding carboxylic acids is 1. The second-order valence-electron chi connectivity index (χ2n) is 1.59. The molecule has 0 fully saturated rings. The maximum atomic E-state index is 10.1. The van der Waals surface area contributed by atoms with Crippen LogP contribution < -0.4 is 5.46 Å². The lowest BCUT2D eigenvalue weighted by Gasteiger charge is -1.84. The van der Waals surface area contributed by atoms with E-state index in [1.807, 2.05) is 0 Å². The van der Waals surface area contributed by atoms with Crippen molar-refractivity contribution in [2.45, 2.75) is 0 Å². The molecule has 1 aromatic rings. The zero-order valence-electron chi connectivity index (χ0n) is 4.70. The SMILES string of the molecule is O=Cc1sccc1BO. The Balaban J connectivity index is 2.98. The molecule has 4 heteroatoms. The number of aldehydes is 1. The molecule has 1 N–H and O–H groups in total. The Morgan fingerprint density at radius 3 is 3.00 bits per heavy atom. The van der Waals surface area contributed by atoms with Crippen LogP contribution in [0.2, 0.25) is 0 Å². The maximum absolute atomic E-state index is 10.1. The first-order valence-corrected chi connectivity index (χ1v) is 3.39. The van der Waals surface area contributed by atoms with Crippen LogP contribution in [0.25, 0.3) is 0 Å². The highest BCUT2D eigenvalue weighted by molar-refractivity contribution is 7.13. The standard InChI is InChI=1S/C5H5BO2S/c7-3-5-4(6-8)1-2-9-5/h1-3,6,8H. The number of hydrogen-bond donors (Lipinski definition) is 1. The molecule has 9 heavy (non-hydrogen) atoms. The Labute approximate surface area is 57.4 Å². The molecule has 0 radical (unpaired) electrons. The topological polar surface area (TPSA) is 37.3 Å². The Bertz CT molecular complexity index is 208. The van der Waals surface area contributed by atoms with Crippen molar-refractivity contribution in [3.63, 3.8) is 0 Å². The highest BCUT2D eigenvalue weighted by Crippen LogP contribution is 2.00. The summed E-state index contributed by atoms with van der Waals surface area (Å²) in [5, 5.41) is 10.4. The van der Waals surface area contributed by atoms with Gasteiger partial charge in [0, 0.05) is 0 Å². The molecule has 0 aliphatic carbocycles. The van der Waals surface area contributed by atoms with Crippen LogP contribution in [0.1, 0.15) is 9.67 Å². The summed E-state index contributed by atoms with van der Waals surface area (Å²) in [7, 11) is -0.0441. The van der Waals surface area contributed by atoms with Gasteiger partial charge in [-0.3, -0.25) is 4.79 Å². The second-order valence-corrected chi connectivity index (χ2v) is 2.53. The van der Waals surface area contributed by atoms with Crippen LogP contribution in [0, 0.1) is 0 Å². The predicted molar refractivity (Wildman–Crippen MR) is 38.7 cm³/mol. The third-order valence-electron chi connectivity index (χ3n) is 1.06. The first-order valence-electron chi connectivity index (χ1n) is 2.51. The molecule has 46 valence electrons. The lowest BCUT2D eigenvalue weighted by atomic mass is 9.90. The van der Waals surface area contributed by atoms with Gasteiger partial charge in [0.15, 0.2) is 6.29 Å². The lowest BCUT2D eigenvalue weighted by Crippen LogP contribution is -2.14. The van der Waals surface area contributed by atoms with E-state index in [9.17, 15) is 4.79 Å². The van der Waals surface area contributed by atoms with Crippen LogP contribution >= 0.6 is 11.3 Å². The predicted octanol–water partition coefficient (Wildman–Crippen LogP) is -0.470. The molecule has 0 atom stereocenters. The highest BCUT2D eigenvalue weighted by Gasteiger charge is 2.00.